The maximum absolute atomic E-state index is 13.2. The Morgan fingerprint density at radius 2 is 1.11 bits per heavy atom. The SMILES string of the molecule is CCOC(=O)c1cn(C2CC2)c2c(OC)c(-c3cc4c(s3)CCC(Br)C4=O)ccc2c1=O.COc1c(-c2cc3c(s2)CCC(Br)C3=O)ccc2c(=O)c(C(=O)O)cn(C3CC3)c12. The number of ether oxygens (including phenoxy) is 3. The first kappa shape index (κ1) is 42.4. The number of aromatic nitrogens is 2. The van der Waals surface area contributed by atoms with Crippen molar-refractivity contribution in [2.24, 2.45) is 0 Å². The smallest absolute Gasteiger partial charge is 0.343 e. The van der Waals surface area contributed by atoms with Crippen molar-refractivity contribution >= 4 is 99.8 Å². The molecule has 4 aromatic heterocycles. The molecule has 0 bridgehead atoms. The molecule has 0 spiro atoms. The predicted octanol–water partition coefficient (Wildman–Crippen LogP) is 9.81. The number of nitrogens with zero attached hydrogens (tertiary/aromatic N) is 2. The molecular formula is C46H40Br2N2O10S2. The number of esters is 1. The van der Waals surface area contributed by atoms with Crippen LogP contribution in [0.3, 0.4) is 0 Å². The van der Waals surface area contributed by atoms with E-state index in [0.717, 1.165) is 93.1 Å². The highest BCUT2D eigenvalue weighted by atomic mass is 79.9. The molecule has 0 saturated heterocycles. The lowest BCUT2D eigenvalue weighted by atomic mass is 9.97. The number of benzene rings is 2. The molecule has 320 valence electrons. The lowest BCUT2D eigenvalue weighted by molar-refractivity contribution is 0.0523. The predicted molar refractivity (Wildman–Crippen MR) is 246 cm³/mol. The largest absolute Gasteiger partial charge is 0.494 e. The zero-order valence-corrected chi connectivity index (χ0v) is 38.7. The summed E-state index contributed by atoms with van der Waals surface area (Å²) in [6.45, 7) is 1.93. The molecule has 16 heteroatoms. The van der Waals surface area contributed by atoms with Crippen molar-refractivity contribution in [3.8, 4) is 32.4 Å². The van der Waals surface area contributed by atoms with Gasteiger partial charge in [0.25, 0.3) is 0 Å². The number of hydrogen-bond donors (Lipinski definition) is 1. The van der Waals surface area contributed by atoms with E-state index >= 15 is 0 Å². The Morgan fingerprint density at radius 1 is 0.677 bits per heavy atom. The molecule has 6 aromatic rings. The zero-order valence-electron chi connectivity index (χ0n) is 33.9. The molecule has 1 N–H and O–H groups in total. The Hall–Kier alpha value is -4.90. The number of rotatable bonds is 9. The van der Waals surface area contributed by atoms with Crippen LogP contribution in [0.25, 0.3) is 42.7 Å². The molecule has 2 saturated carbocycles. The van der Waals surface area contributed by atoms with Crippen LogP contribution in [0.1, 0.15) is 109 Å². The summed E-state index contributed by atoms with van der Waals surface area (Å²) >= 11 is 10.1. The summed E-state index contributed by atoms with van der Waals surface area (Å²) in [5, 5.41) is 10.2. The summed E-state index contributed by atoms with van der Waals surface area (Å²) in [6.07, 6.45) is 10.1. The van der Waals surface area contributed by atoms with Crippen LogP contribution in [0.2, 0.25) is 0 Å². The first-order valence-electron chi connectivity index (χ1n) is 20.4. The van der Waals surface area contributed by atoms with Gasteiger partial charge in [0.15, 0.2) is 23.1 Å². The molecule has 10 rings (SSSR count). The van der Waals surface area contributed by atoms with Crippen molar-refractivity contribution in [2.45, 2.75) is 80.0 Å². The molecule has 0 amide bonds. The van der Waals surface area contributed by atoms with Gasteiger partial charge in [-0.2, -0.15) is 0 Å². The van der Waals surface area contributed by atoms with Crippen LogP contribution in [0.4, 0.5) is 0 Å². The number of aromatic carboxylic acids is 1. The standard InChI is InChI=1S/C24H22BrNO5S.C22H18BrNO5S/c1-3-31-24(29)16-11-26(12-4-5-12)20-14(21(16)27)7-6-13(23(20)30-2)19-10-15-18(32-19)9-8-17(25)22(15)28;1-29-21-11(17-8-13-16(30-17)7-6-15(23)20(13)26)4-5-12-18(21)24(10-2-3-10)9-14(19(12)25)22(27)28/h6-7,10-12,17H,3-5,8-9H2,1-2H3;4-5,8-10,15H,2-3,6-7H2,1H3,(H,27,28). The first-order chi connectivity index (χ1) is 29.8. The van der Waals surface area contributed by atoms with Crippen LogP contribution in [-0.4, -0.2) is 68.2 Å². The number of aryl methyl sites for hydroxylation is 2. The van der Waals surface area contributed by atoms with Crippen molar-refractivity contribution in [2.75, 3.05) is 20.8 Å². The van der Waals surface area contributed by atoms with Crippen molar-refractivity contribution < 1.29 is 38.5 Å². The summed E-state index contributed by atoms with van der Waals surface area (Å²) in [6, 6.07) is 11.3. The second-order valence-corrected chi connectivity index (χ2v) is 20.3. The number of Topliss-reactive ketones (excluding diaryl/α,β-unsaturated/α-hetero) is 2. The van der Waals surface area contributed by atoms with Gasteiger partial charge >= 0.3 is 11.9 Å². The average Bonchev–Trinajstić information content (AvgIpc) is 4.21. The number of alkyl halides is 2. The fourth-order valence-corrected chi connectivity index (χ4v) is 11.8. The van der Waals surface area contributed by atoms with Gasteiger partial charge in [-0.1, -0.05) is 31.9 Å². The van der Waals surface area contributed by atoms with Crippen LogP contribution < -0.4 is 20.3 Å². The van der Waals surface area contributed by atoms with E-state index in [4.69, 9.17) is 14.2 Å². The van der Waals surface area contributed by atoms with Crippen LogP contribution in [0, 0.1) is 0 Å². The molecular weight excluding hydrogens is 964 g/mol. The molecule has 2 atom stereocenters. The van der Waals surface area contributed by atoms with Crippen LogP contribution in [0.15, 0.2) is 58.4 Å². The number of carbonyl (C=O) groups is 4. The third-order valence-electron chi connectivity index (χ3n) is 11.8. The van der Waals surface area contributed by atoms with Gasteiger partial charge in [0.2, 0.25) is 10.9 Å². The van der Waals surface area contributed by atoms with Crippen molar-refractivity contribution in [3.63, 3.8) is 0 Å². The number of fused-ring (bicyclic) bond motifs is 4. The lowest BCUT2D eigenvalue weighted by Gasteiger charge is -2.17. The normalized spacial score (nSPS) is 18.2. The number of ketones is 2. The van der Waals surface area contributed by atoms with E-state index in [1.54, 1.807) is 68.2 Å². The van der Waals surface area contributed by atoms with Gasteiger partial charge < -0.3 is 28.5 Å². The Kier molecular flexibility index (Phi) is 11.4. The van der Waals surface area contributed by atoms with E-state index in [9.17, 15) is 33.9 Å². The minimum absolute atomic E-state index is 0.0431. The van der Waals surface area contributed by atoms with E-state index < -0.39 is 17.4 Å². The molecule has 62 heavy (non-hydrogen) atoms. The summed E-state index contributed by atoms with van der Waals surface area (Å²) in [5.74, 6) is -0.501. The highest BCUT2D eigenvalue weighted by molar-refractivity contribution is 9.10. The van der Waals surface area contributed by atoms with Crippen LogP contribution in [-0.2, 0) is 17.6 Å². The molecule has 4 heterocycles. The van der Waals surface area contributed by atoms with E-state index in [2.05, 4.69) is 31.9 Å². The van der Waals surface area contributed by atoms with Crippen LogP contribution >= 0.6 is 54.5 Å². The van der Waals surface area contributed by atoms with Gasteiger partial charge in [0.1, 0.15) is 11.1 Å². The fraction of sp³-hybridized carbons (Fsp3) is 0.348. The monoisotopic (exact) mass is 1000 g/mol. The number of carboxylic acid groups (broad SMARTS) is 1. The van der Waals surface area contributed by atoms with Gasteiger partial charge in [-0.3, -0.25) is 19.2 Å². The average molecular weight is 1000 g/mol. The minimum atomic E-state index is -1.23. The molecule has 4 aliphatic carbocycles. The Balaban J connectivity index is 0.000000158. The zero-order chi connectivity index (χ0) is 43.7. The topological polar surface area (TPSA) is 160 Å². The molecule has 2 fully saturated rings. The second kappa shape index (κ2) is 16.7. The third-order valence-corrected chi connectivity index (χ3v) is 16.0. The summed E-state index contributed by atoms with van der Waals surface area (Å²) < 4.78 is 20.6. The van der Waals surface area contributed by atoms with Gasteiger partial charge in [-0.15, -0.1) is 22.7 Å². The van der Waals surface area contributed by atoms with E-state index in [0.29, 0.717) is 33.3 Å². The lowest BCUT2D eigenvalue weighted by Crippen LogP contribution is -2.21. The van der Waals surface area contributed by atoms with Crippen molar-refractivity contribution in [1.29, 1.82) is 0 Å². The van der Waals surface area contributed by atoms with Crippen LogP contribution in [0.5, 0.6) is 11.5 Å². The molecule has 0 aliphatic heterocycles. The van der Waals surface area contributed by atoms with Gasteiger partial charge in [-0.25, -0.2) is 9.59 Å². The highest BCUT2D eigenvalue weighted by Crippen LogP contribution is 2.47. The van der Waals surface area contributed by atoms with Gasteiger partial charge in [0, 0.05) is 66.2 Å². The highest BCUT2D eigenvalue weighted by Gasteiger charge is 2.34. The maximum Gasteiger partial charge on any atom is 0.343 e. The third kappa shape index (κ3) is 7.35. The second-order valence-electron chi connectivity index (χ2n) is 15.8. The number of halogens is 2. The molecule has 12 nitrogen and oxygen atoms in total. The number of thiophene rings is 2. The Bertz CT molecular complexity index is 3010. The number of carbonyl (C=O) groups excluding carboxylic acids is 3. The molecule has 2 unspecified atom stereocenters. The van der Waals surface area contributed by atoms with Crippen molar-refractivity contribution in [1.82, 2.24) is 9.13 Å². The van der Waals surface area contributed by atoms with Gasteiger partial charge in [-0.05, 0) is 94.7 Å². The quantitative estimate of drug-likeness (QED) is 0.109. The number of pyridine rings is 2. The summed E-state index contributed by atoms with van der Waals surface area (Å²) in [7, 11) is 3.14. The molecule has 4 aliphatic rings. The Labute approximate surface area is 379 Å². The maximum atomic E-state index is 13.2. The van der Waals surface area contributed by atoms with E-state index in [1.165, 1.54) is 6.20 Å². The number of methoxy groups -OCH3 is 2. The summed E-state index contributed by atoms with van der Waals surface area (Å²) in [4.78, 5) is 78.9. The first-order valence-corrected chi connectivity index (χ1v) is 23.9. The minimum Gasteiger partial charge on any atom is -0.494 e. The van der Waals surface area contributed by atoms with Crippen molar-refractivity contribution in [3.05, 3.63) is 101 Å². The van der Waals surface area contributed by atoms with E-state index in [-0.39, 0.29) is 56.5 Å². The molecule has 0 radical (unpaired) electrons. The number of hydrogen-bond acceptors (Lipinski definition) is 11. The van der Waals surface area contributed by atoms with Gasteiger partial charge in [0.05, 0.1) is 52.3 Å². The number of carboxylic acids is 1. The summed E-state index contributed by atoms with van der Waals surface area (Å²) in [5.41, 5.74) is 3.39. The fourth-order valence-electron chi connectivity index (χ4n) is 8.45. The van der Waals surface area contributed by atoms with E-state index in [1.807, 2.05) is 27.3 Å². The Morgan fingerprint density at radius 3 is 1.52 bits per heavy atom. The molecule has 2 aromatic carbocycles.